The molecule has 1 heterocycles. The van der Waals surface area contributed by atoms with E-state index in [0.717, 1.165) is 0 Å². The SMILES string of the molecule is O=C(Cn1c2ccccc2c(=O)c2ccccc21)NCCNC(=O)c1ccccc1O. The quantitative estimate of drug-likeness (QED) is 0.333. The summed E-state index contributed by atoms with van der Waals surface area (Å²) in [5.41, 5.74) is 1.50. The number of phenolic OH excluding ortho intramolecular Hbond substituents is 1. The van der Waals surface area contributed by atoms with Crippen molar-refractivity contribution in [1.29, 1.82) is 0 Å². The summed E-state index contributed by atoms with van der Waals surface area (Å²) >= 11 is 0. The van der Waals surface area contributed by atoms with Crippen molar-refractivity contribution in [3.63, 3.8) is 0 Å². The molecular formula is C24H21N3O4. The smallest absolute Gasteiger partial charge is 0.255 e. The zero-order valence-electron chi connectivity index (χ0n) is 16.7. The van der Waals surface area contributed by atoms with E-state index in [4.69, 9.17) is 0 Å². The molecule has 156 valence electrons. The number of rotatable bonds is 6. The summed E-state index contributed by atoms with van der Waals surface area (Å²) < 4.78 is 1.82. The average Bonchev–Trinajstić information content (AvgIpc) is 2.79. The first-order valence-corrected chi connectivity index (χ1v) is 9.89. The molecule has 0 radical (unpaired) electrons. The lowest BCUT2D eigenvalue weighted by molar-refractivity contribution is -0.121. The van der Waals surface area contributed by atoms with Crippen molar-refractivity contribution in [3.8, 4) is 5.75 Å². The van der Waals surface area contributed by atoms with Gasteiger partial charge in [-0.3, -0.25) is 14.4 Å². The van der Waals surface area contributed by atoms with Crippen molar-refractivity contribution < 1.29 is 14.7 Å². The predicted molar refractivity (Wildman–Crippen MR) is 119 cm³/mol. The second-order valence-corrected chi connectivity index (χ2v) is 7.07. The summed E-state index contributed by atoms with van der Waals surface area (Å²) in [7, 11) is 0. The number of pyridine rings is 1. The molecule has 0 atom stereocenters. The summed E-state index contributed by atoms with van der Waals surface area (Å²) in [4.78, 5) is 37.5. The molecule has 1 aromatic heterocycles. The van der Waals surface area contributed by atoms with Crippen molar-refractivity contribution in [2.75, 3.05) is 13.1 Å². The molecule has 0 saturated carbocycles. The van der Waals surface area contributed by atoms with Gasteiger partial charge in [0.15, 0.2) is 5.43 Å². The van der Waals surface area contributed by atoms with Crippen LogP contribution in [0.1, 0.15) is 10.4 Å². The number of hydrogen-bond donors (Lipinski definition) is 3. The van der Waals surface area contributed by atoms with Crippen LogP contribution in [0.2, 0.25) is 0 Å². The van der Waals surface area contributed by atoms with Crippen LogP contribution in [0, 0.1) is 0 Å². The Morgan fingerprint density at radius 1 is 0.774 bits per heavy atom. The summed E-state index contributed by atoms with van der Waals surface area (Å²) in [5.74, 6) is -0.749. The van der Waals surface area contributed by atoms with Gasteiger partial charge in [-0.15, -0.1) is 0 Å². The number of para-hydroxylation sites is 3. The third kappa shape index (κ3) is 4.11. The predicted octanol–water partition coefficient (Wildman–Crippen LogP) is 2.41. The fourth-order valence-electron chi connectivity index (χ4n) is 3.59. The minimum atomic E-state index is -0.412. The molecule has 0 aliphatic carbocycles. The topological polar surface area (TPSA) is 100 Å². The number of nitrogens with one attached hydrogen (secondary N) is 2. The van der Waals surface area contributed by atoms with Gasteiger partial charge in [-0.2, -0.15) is 0 Å². The van der Waals surface area contributed by atoms with Crippen LogP contribution in [-0.4, -0.2) is 34.6 Å². The maximum Gasteiger partial charge on any atom is 0.255 e. The molecule has 0 aliphatic heterocycles. The Kier molecular flexibility index (Phi) is 5.66. The van der Waals surface area contributed by atoms with Gasteiger partial charge in [-0.25, -0.2) is 0 Å². The maximum atomic E-state index is 12.8. The number of phenols is 1. The molecule has 3 aromatic carbocycles. The van der Waals surface area contributed by atoms with E-state index in [1.165, 1.54) is 12.1 Å². The Morgan fingerprint density at radius 3 is 1.97 bits per heavy atom. The summed E-state index contributed by atoms with van der Waals surface area (Å²) in [6.45, 7) is 0.480. The Hall–Kier alpha value is -4.13. The van der Waals surface area contributed by atoms with Crippen LogP contribution in [0.3, 0.4) is 0 Å². The van der Waals surface area contributed by atoms with E-state index in [-0.39, 0.29) is 42.3 Å². The minimum Gasteiger partial charge on any atom is -0.507 e. The normalized spacial score (nSPS) is 10.8. The van der Waals surface area contributed by atoms with Gasteiger partial charge >= 0.3 is 0 Å². The first kappa shape index (κ1) is 20.2. The van der Waals surface area contributed by atoms with Crippen LogP contribution in [0.25, 0.3) is 21.8 Å². The largest absolute Gasteiger partial charge is 0.507 e. The van der Waals surface area contributed by atoms with Crippen molar-refractivity contribution in [2.45, 2.75) is 6.54 Å². The first-order chi connectivity index (χ1) is 15.1. The highest BCUT2D eigenvalue weighted by Gasteiger charge is 2.13. The van der Waals surface area contributed by atoms with E-state index < -0.39 is 5.91 Å². The Balaban J connectivity index is 1.45. The highest BCUT2D eigenvalue weighted by atomic mass is 16.3. The van der Waals surface area contributed by atoms with Gasteiger partial charge in [0.05, 0.1) is 16.6 Å². The van der Waals surface area contributed by atoms with Gasteiger partial charge in [0.1, 0.15) is 12.3 Å². The second-order valence-electron chi connectivity index (χ2n) is 7.07. The number of fused-ring (bicyclic) bond motifs is 2. The fourth-order valence-corrected chi connectivity index (χ4v) is 3.59. The number of hydrogen-bond acceptors (Lipinski definition) is 4. The van der Waals surface area contributed by atoms with Crippen LogP contribution in [-0.2, 0) is 11.3 Å². The van der Waals surface area contributed by atoms with Gasteiger partial charge < -0.3 is 20.3 Å². The van der Waals surface area contributed by atoms with Crippen molar-refractivity contribution in [3.05, 3.63) is 88.6 Å². The number of aromatic nitrogens is 1. The molecule has 7 nitrogen and oxygen atoms in total. The summed E-state index contributed by atoms with van der Waals surface area (Å²) in [6.07, 6.45) is 0. The number of benzene rings is 3. The highest BCUT2D eigenvalue weighted by Crippen LogP contribution is 2.19. The van der Waals surface area contributed by atoms with Crippen LogP contribution >= 0.6 is 0 Å². The van der Waals surface area contributed by atoms with Crippen molar-refractivity contribution in [1.82, 2.24) is 15.2 Å². The Morgan fingerprint density at radius 2 is 1.32 bits per heavy atom. The minimum absolute atomic E-state index is 0.0364. The lowest BCUT2D eigenvalue weighted by Gasteiger charge is -2.15. The van der Waals surface area contributed by atoms with Gasteiger partial charge in [-0.1, -0.05) is 36.4 Å². The van der Waals surface area contributed by atoms with Gasteiger partial charge in [0.25, 0.3) is 5.91 Å². The molecule has 7 heteroatoms. The van der Waals surface area contributed by atoms with Gasteiger partial charge in [0.2, 0.25) is 5.91 Å². The Bertz CT molecular complexity index is 1280. The molecule has 0 spiro atoms. The zero-order valence-corrected chi connectivity index (χ0v) is 16.7. The van der Waals surface area contributed by atoms with E-state index in [1.807, 2.05) is 28.8 Å². The van der Waals surface area contributed by atoms with E-state index in [1.54, 1.807) is 36.4 Å². The van der Waals surface area contributed by atoms with Crippen LogP contribution in [0.5, 0.6) is 5.75 Å². The molecule has 4 aromatic rings. The maximum absolute atomic E-state index is 12.8. The highest BCUT2D eigenvalue weighted by molar-refractivity contribution is 5.97. The van der Waals surface area contributed by atoms with Crippen LogP contribution in [0.15, 0.2) is 77.6 Å². The third-order valence-electron chi connectivity index (χ3n) is 5.06. The number of carbonyl (C=O) groups excluding carboxylic acids is 2. The van der Waals surface area contributed by atoms with Gasteiger partial charge in [0, 0.05) is 23.9 Å². The van der Waals surface area contributed by atoms with E-state index in [0.29, 0.717) is 21.8 Å². The third-order valence-corrected chi connectivity index (χ3v) is 5.06. The number of aromatic hydroxyl groups is 1. The van der Waals surface area contributed by atoms with Crippen LogP contribution < -0.4 is 16.1 Å². The van der Waals surface area contributed by atoms with E-state index >= 15 is 0 Å². The molecule has 0 unspecified atom stereocenters. The standard InChI is InChI=1S/C24H21N3O4/c28-21-12-6-3-9-18(21)24(31)26-14-13-25-22(29)15-27-19-10-4-1-7-16(19)23(30)17-8-2-5-11-20(17)27/h1-12,28H,13-15H2,(H,25,29)(H,26,31). The molecule has 4 rings (SSSR count). The fraction of sp³-hybridized carbons (Fsp3) is 0.125. The zero-order chi connectivity index (χ0) is 21.8. The monoisotopic (exact) mass is 415 g/mol. The molecule has 2 amide bonds. The molecule has 0 aliphatic rings. The molecule has 0 fully saturated rings. The van der Waals surface area contributed by atoms with Crippen LogP contribution in [0.4, 0.5) is 0 Å². The first-order valence-electron chi connectivity index (χ1n) is 9.89. The molecule has 3 N–H and O–H groups in total. The van der Waals surface area contributed by atoms with E-state index in [9.17, 15) is 19.5 Å². The average molecular weight is 415 g/mol. The lowest BCUT2D eigenvalue weighted by Crippen LogP contribution is -2.36. The summed E-state index contributed by atoms with van der Waals surface area (Å²) in [5, 5.41) is 16.3. The molecule has 0 bridgehead atoms. The van der Waals surface area contributed by atoms with Crippen molar-refractivity contribution >= 4 is 33.6 Å². The Labute approximate surface area is 177 Å². The molecular weight excluding hydrogens is 394 g/mol. The summed E-state index contributed by atoms with van der Waals surface area (Å²) in [6, 6.07) is 20.7. The number of amides is 2. The molecule has 0 saturated heterocycles. The van der Waals surface area contributed by atoms with Gasteiger partial charge in [-0.05, 0) is 36.4 Å². The lowest BCUT2D eigenvalue weighted by atomic mass is 10.1. The van der Waals surface area contributed by atoms with Crippen molar-refractivity contribution in [2.24, 2.45) is 0 Å². The van der Waals surface area contributed by atoms with E-state index in [2.05, 4.69) is 10.6 Å². The molecule has 31 heavy (non-hydrogen) atoms. The number of carbonyl (C=O) groups is 2. The second kappa shape index (κ2) is 8.71. The number of nitrogens with zero attached hydrogens (tertiary/aromatic N) is 1.